The number of hydrogen-bond acceptors (Lipinski definition) is 2. The third-order valence-electron chi connectivity index (χ3n) is 3.02. The Balaban J connectivity index is 2.15. The number of H-pyrrole nitrogens is 1. The average Bonchev–Trinajstić information content (AvgIpc) is 2.39. The van der Waals surface area contributed by atoms with Crippen LogP contribution in [-0.2, 0) is 0 Å². The van der Waals surface area contributed by atoms with Gasteiger partial charge in [-0.05, 0) is 31.5 Å². The minimum absolute atomic E-state index is 0.125. The van der Waals surface area contributed by atoms with Crippen LogP contribution in [0.4, 0.5) is 0 Å². The summed E-state index contributed by atoms with van der Waals surface area (Å²) < 4.78 is 0.981. The first kappa shape index (κ1) is 14.5. The maximum absolute atomic E-state index is 12.1. The lowest BCUT2D eigenvalue weighted by Crippen LogP contribution is -2.30. The number of carbonyl (C=O) groups excluding carboxylic acids is 1. The highest BCUT2D eigenvalue weighted by molar-refractivity contribution is 9.10. The number of pyridine rings is 1. The number of nitrogens with one attached hydrogen (secondary N) is 2. The van der Waals surface area contributed by atoms with Crippen LogP contribution in [0.1, 0.15) is 34.6 Å². The van der Waals surface area contributed by atoms with Crippen molar-refractivity contribution in [1.82, 2.24) is 10.3 Å². The predicted octanol–water partition coefficient (Wildman–Crippen LogP) is 2.94. The molecule has 1 amide bonds. The van der Waals surface area contributed by atoms with Gasteiger partial charge in [0.05, 0.1) is 6.04 Å². The Morgan fingerprint density at radius 1 is 1.30 bits per heavy atom. The predicted molar refractivity (Wildman–Crippen MR) is 81.8 cm³/mol. The minimum atomic E-state index is -0.373. The Hall–Kier alpha value is -1.88. The smallest absolute Gasteiger partial charge is 0.257 e. The van der Waals surface area contributed by atoms with Crippen LogP contribution in [0.5, 0.6) is 0 Å². The summed E-state index contributed by atoms with van der Waals surface area (Å²) in [6.07, 6.45) is 1.45. The van der Waals surface area contributed by atoms with Crippen LogP contribution in [0.3, 0.4) is 0 Å². The Labute approximate surface area is 125 Å². The van der Waals surface area contributed by atoms with Crippen molar-refractivity contribution < 1.29 is 4.79 Å². The average molecular weight is 335 g/mol. The number of carbonyl (C=O) groups is 1. The van der Waals surface area contributed by atoms with Gasteiger partial charge in [-0.15, -0.1) is 0 Å². The van der Waals surface area contributed by atoms with E-state index in [0.717, 1.165) is 15.7 Å². The molecule has 0 bridgehead atoms. The molecule has 0 spiro atoms. The van der Waals surface area contributed by atoms with Gasteiger partial charge < -0.3 is 10.3 Å². The molecule has 1 aromatic heterocycles. The number of amides is 1. The largest absolute Gasteiger partial charge is 0.364 e. The summed E-state index contributed by atoms with van der Waals surface area (Å²) in [7, 11) is 0. The van der Waals surface area contributed by atoms with E-state index < -0.39 is 0 Å². The number of rotatable bonds is 3. The summed E-state index contributed by atoms with van der Waals surface area (Å²) in [6.45, 7) is 3.65. The van der Waals surface area contributed by atoms with Crippen LogP contribution in [0.25, 0.3) is 0 Å². The van der Waals surface area contributed by atoms with Gasteiger partial charge in [0.2, 0.25) is 0 Å². The Bertz CT molecular complexity index is 677. The molecule has 1 aromatic carbocycles. The molecule has 0 fully saturated rings. The second kappa shape index (κ2) is 6.05. The number of aromatic nitrogens is 1. The van der Waals surface area contributed by atoms with Gasteiger partial charge in [0.25, 0.3) is 5.91 Å². The van der Waals surface area contributed by atoms with Gasteiger partial charge in [-0.2, -0.15) is 0 Å². The van der Waals surface area contributed by atoms with E-state index in [1.165, 1.54) is 12.3 Å². The number of hydrogen-bond donors (Lipinski definition) is 2. The molecule has 0 aliphatic rings. The molecule has 0 aliphatic heterocycles. The molecule has 2 N–H and O–H groups in total. The van der Waals surface area contributed by atoms with Crippen molar-refractivity contribution in [3.8, 4) is 0 Å². The molecular formula is C15H15BrN2O2. The Kier molecular flexibility index (Phi) is 4.39. The number of aromatic amines is 1. The normalized spacial score (nSPS) is 11.9. The molecule has 0 aliphatic carbocycles. The zero-order chi connectivity index (χ0) is 14.7. The highest BCUT2D eigenvalue weighted by atomic mass is 79.9. The zero-order valence-electron chi connectivity index (χ0n) is 11.2. The number of benzene rings is 1. The van der Waals surface area contributed by atoms with E-state index in [1.54, 1.807) is 6.92 Å². The molecule has 0 saturated heterocycles. The summed E-state index contributed by atoms with van der Waals surface area (Å²) in [5.74, 6) is -0.373. The van der Waals surface area contributed by atoms with Gasteiger partial charge in [-0.25, -0.2) is 0 Å². The summed E-state index contributed by atoms with van der Waals surface area (Å²) >= 11 is 3.37. The molecule has 4 nitrogen and oxygen atoms in total. The second-order valence-electron chi connectivity index (χ2n) is 4.64. The molecule has 104 valence electrons. The van der Waals surface area contributed by atoms with E-state index in [2.05, 4.69) is 26.2 Å². The van der Waals surface area contributed by atoms with Crippen molar-refractivity contribution >= 4 is 21.8 Å². The maximum Gasteiger partial charge on any atom is 0.257 e. The van der Waals surface area contributed by atoms with Crippen molar-refractivity contribution in [3.05, 3.63) is 68.0 Å². The van der Waals surface area contributed by atoms with E-state index in [1.807, 2.05) is 31.2 Å². The fourth-order valence-electron chi connectivity index (χ4n) is 1.86. The van der Waals surface area contributed by atoms with Crippen LogP contribution < -0.4 is 10.7 Å². The Morgan fingerprint density at radius 3 is 2.55 bits per heavy atom. The standard InChI is InChI=1S/C15H15BrN2O2/c1-9-7-14(19)13(8-17-9)15(20)18-10(2)11-3-5-12(16)6-4-11/h3-8,10H,1-2H3,(H,17,19)(H,18,20)/t10-/m1/s1. The molecule has 0 radical (unpaired) electrons. The SMILES string of the molecule is Cc1cc(=O)c(C(=O)N[C@H](C)c2ccc(Br)cc2)c[nH]1. The monoisotopic (exact) mass is 334 g/mol. The van der Waals surface area contributed by atoms with E-state index >= 15 is 0 Å². The molecule has 2 aromatic rings. The first-order chi connectivity index (χ1) is 9.47. The van der Waals surface area contributed by atoms with E-state index in [4.69, 9.17) is 0 Å². The van der Waals surface area contributed by atoms with Crippen molar-refractivity contribution in [3.63, 3.8) is 0 Å². The van der Waals surface area contributed by atoms with Gasteiger partial charge in [0.15, 0.2) is 5.43 Å². The van der Waals surface area contributed by atoms with Gasteiger partial charge in [0.1, 0.15) is 5.56 Å². The molecular weight excluding hydrogens is 320 g/mol. The van der Waals surface area contributed by atoms with Gasteiger partial charge in [-0.1, -0.05) is 28.1 Å². The van der Waals surface area contributed by atoms with Crippen molar-refractivity contribution in [1.29, 1.82) is 0 Å². The van der Waals surface area contributed by atoms with E-state index in [0.29, 0.717) is 0 Å². The minimum Gasteiger partial charge on any atom is -0.364 e. The van der Waals surface area contributed by atoms with Gasteiger partial charge >= 0.3 is 0 Å². The molecule has 5 heteroatoms. The molecule has 0 unspecified atom stereocenters. The summed E-state index contributed by atoms with van der Waals surface area (Å²) in [6, 6.07) is 8.92. The van der Waals surface area contributed by atoms with Crippen molar-refractivity contribution in [2.45, 2.75) is 19.9 Å². The molecule has 1 atom stereocenters. The van der Waals surface area contributed by atoms with Crippen molar-refractivity contribution in [2.24, 2.45) is 0 Å². The molecule has 1 heterocycles. The first-order valence-corrected chi connectivity index (χ1v) is 7.02. The van der Waals surface area contributed by atoms with Gasteiger partial charge in [-0.3, -0.25) is 9.59 Å². The lowest BCUT2D eigenvalue weighted by molar-refractivity contribution is 0.0938. The topological polar surface area (TPSA) is 62.0 Å². The third kappa shape index (κ3) is 3.36. The summed E-state index contributed by atoms with van der Waals surface area (Å²) in [5, 5.41) is 2.82. The zero-order valence-corrected chi connectivity index (χ0v) is 12.8. The van der Waals surface area contributed by atoms with Crippen molar-refractivity contribution in [2.75, 3.05) is 0 Å². The third-order valence-corrected chi connectivity index (χ3v) is 3.55. The quantitative estimate of drug-likeness (QED) is 0.906. The number of halogens is 1. The van der Waals surface area contributed by atoms with E-state index in [-0.39, 0.29) is 22.9 Å². The highest BCUT2D eigenvalue weighted by Gasteiger charge is 2.14. The van der Waals surface area contributed by atoms with Crippen LogP contribution in [0, 0.1) is 6.92 Å². The fourth-order valence-corrected chi connectivity index (χ4v) is 2.12. The van der Waals surface area contributed by atoms with Crippen LogP contribution in [-0.4, -0.2) is 10.9 Å². The summed E-state index contributed by atoms with van der Waals surface area (Å²) in [4.78, 5) is 26.7. The maximum atomic E-state index is 12.1. The lowest BCUT2D eigenvalue weighted by Gasteiger charge is -2.14. The number of aryl methyl sites for hydroxylation is 1. The van der Waals surface area contributed by atoms with E-state index in [9.17, 15) is 9.59 Å². The molecule has 20 heavy (non-hydrogen) atoms. The van der Waals surface area contributed by atoms with Crippen LogP contribution in [0.2, 0.25) is 0 Å². The summed E-state index contributed by atoms with van der Waals surface area (Å²) in [5.41, 5.74) is 1.55. The van der Waals surface area contributed by atoms with Crippen LogP contribution >= 0.6 is 15.9 Å². The molecule has 2 rings (SSSR count). The highest BCUT2D eigenvalue weighted by Crippen LogP contribution is 2.16. The van der Waals surface area contributed by atoms with Gasteiger partial charge in [0, 0.05) is 22.4 Å². The molecule has 0 saturated carbocycles. The first-order valence-electron chi connectivity index (χ1n) is 6.23. The lowest BCUT2D eigenvalue weighted by atomic mass is 10.1. The fraction of sp³-hybridized carbons (Fsp3) is 0.200. The Morgan fingerprint density at radius 2 is 1.95 bits per heavy atom. The van der Waals surface area contributed by atoms with Crippen LogP contribution in [0.15, 0.2) is 45.8 Å². The second-order valence-corrected chi connectivity index (χ2v) is 5.56.